The van der Waals surface area contributed by atoms with Gasteiger partial charge in [0, 0.05) is 12.0 Å². The Morgan fingerprint density at radius 2 is 1.75 bits per heavy atom. The Labute approximate surface area is 145 Å². The Balaban J connectivity index is 1.67. The normalized spacial score (nSPS) is 55.8. The molecule has 0 aromatic rings. The first kappa shape index (κ1) is 16.6. The molecule has 0 amide bonds. The number of hydrogen-bond donors (Lipinski definition) is 2. The van der Waals surface area contributed by atoms with Crippen molar-refractivity contribution in [2.24, 2.45) is 34.5 Å². The van der Waals surface area contributed by atoms with Crippen LogP contribution >= 0.6 is 0 Å². The number of Topliss-reactive ketones (excluding diaryl/α,β-unsaturated/α-hetero) is 1. The molecule has 0 bridgehead atoms. The molecule has 3 heteroatoms. The van der Waals surface area contributed by atoms with Crippen LogP contribution in [0.25, 0.3) is 0 Å². The van der Waals surface area contributed by atoms with Gasteiger partial charge in [-0.15, -0.1) is 0 Å². The Hall–Kier alpha value is -0.830. The Bertz CT molecular complexity index is 592. The summed E-state index contributed by atoms with van der Waals surface area (Å²) in [5.41, 5.74) is 0.304. The minimum absolute atomic E-state index is 0.0531. The van der Waals surface area contributed by atoms with Crippen LogP contribution in [0, 0.1) is 34.5 Å². The molecular weight excluding hydrogens is 300 g/mol. The van der Waals surface area contributed by atoms with E-state index >= 15 is 0 Å². The molecule has 24 heavy (non-hydrogen) atoms. The van der Waals surface area contributed by atoms with Crippen LogP contribution in [-0.2, 0) is 4.79 Å². The van der Waals surface area contributed by atoms with Gasteiger partial charge in [-0.05, 0) is 86.4 Å². The van der Waals surface area contributed by atoms with E-state index in [2.05, 4.69) is 13.8 Å². The van der Waals surface area contributed by atoms with Crippen molar-refractivity contribution in [1.82, 2.24) is 0 Å². The smallest absolute Gasteiger partial charge is 0.162 e. The fourth-order valence-electron chi connectivity index (χ4n) is 7.37. The molecule has 0 spiro atoms. The van der Waals surface area contributed by atoms with E-state index in [1.54, 1.807) is 0 Å². The Morgan fingerprint density at radius 3 is 2.46 bits per heavy atom. The second-order valence-electron chi connectivity index (χ2n) is 9.88. The lowest BCUT2D eigenvalue weighted by atomic mass is 9.44. The van der Waals surface area contributed by atoms with Gasteiger partial charge >= 0.3 is 0 Å². The number of aliphatic hydroxyl groups is 2. The Kier molecular flexibility index (Phi) is 3.53. The molecule has 0 unspecified atom stereocenters. The summed E-state index contributed by atoms with van der Waals surface area (Å²) in [6.45, 7) is 6.74. The van der Waals surface area contributed by atoms with Crippen molar-refractivity contribution in [3.05, 3.63) is 11.8 Å². The van der Waals surface area contributed by atoms with Gasteiger partial charge in [-0.1, -0.05) is 13.8 Å². The molecule has 7 atom stereocenters. The summed E-state index contributed by atoms with van der Waals surface area (Å²) < 4.78 is 0. The molecule has 0 heterocycles. The largest absolute Gasteiger partial charge is 0.515 e. The highest BCUT2D eigenvalue weighted by atomic mass is 16.3. The van der Waals surface area contributed by atoms with Crippen molar-refractivity contribution < 1.29 is 15.0 Å². The predicted octanol–water partition coefficient (Wildman–Crippen LogP) is 4.40. The van der Waals surface area contributed by atoms with Crippen molar-refractivity contribution in [2.75, 3.05) is 0 Å². The van der Waals surface area contributed by atoms with Gasteiger partial charge in [0.15, 0.2) is 5.78 Å². The predicted molar refractivity (Wildman–Crippen MR) is 93.5 cm³/mol. The quantitative estimate of drug-likeness (QED) is 0.510. The first-order valence-electron chi connectivity index (χ1n) is 9.82. The van der Waals surface area contributed by atoms with Gasteiger partial charge in [-0.25, -0.2) is 0 Å². The van der Waals surface area contributed by atoms with E-state index in [9.17, 15) is 15.0 Å². The van der Waals surface area contributed by atoms with Crippen molar-refractivity contribution in [2.45, 2.75) is 77.7 Å². The van der Waals surface area contributed by atoms with Gasteiger partial charge in [0.1, 0.15) is 0 Å². The van der Waals surface area contributed by atoms with Gasteiger partial charge in [0.25, 0.3) is 0 Å². The van der Waals surface area contributed by atoms with Gasteiger partial charge in [0.05, 0.1) is 11.9 Å². The zero-order chi connectivity index (χ0) is 17.3. The van der Waals surface area contributed by atoms with E-state index < -0.39 is 5.60 Å². The molecule has 134 valence electrons. The maximum absolute atomic E-state index is 12.2. The lowest BCUT2D eigenvalue weighted by Crippen LogP contribution is -2.56. The summed E-state index contributed by atoms with van der Waals surface area (Å²) in [5.74, 6) is 2.55. The average Bonchev–Trinajstić information content (AvgIpc) is 2.77. The lowest BCUT2D eigenvalue weighted by Gasteiger charge is -2.61. The number of carbonyl (C=O) groups is 1. The summed E-state index contributed by atoms with van der Waals surface area (Å²) in [6, 6.07) is 0. The topological polar surface area (TPSA) is 57.5 Å². The summed E-state index contributed by atoms with van der Waals surface area (Å²) in [4.78, 5) is 12.2. The molecule has 4 rings (SSSR count). The van der Waals surface area contributed by atoms with Crippen LogP contribution in [0.1, 0.15) is 72.1 Å². The molecule has 0 radical (unpaired) electrons. The maximum Gasteiger partial charge on any atom is 0.162 e. The van der Waals surface area contributed by atoms with Gasteiger partial charge in [0.2, 0.25) is 0 Å². The number of allylic oxidation sites excluding steroid dienone is 1. The molecule has 4 aliphatic carbocycles. The van der Waals surface area contributed by atoms with E-state index in [0.717, 1.165) is 44.8 Å². The van der Waals surface area contributed by atoms with Crippen molar-refractivity contribution in [3.8, 4) is 0 Å². The molecule has 0 aliphatic heterocycles. The molecule has 4 aliphatic rings. The minimum atomic E-state index is -0.529. The number of fused-ring (bicyclic) bond motifs is 5. The van der Waals surface area contributed by atoms with Gasteiger partial charge in [-0.3, -0.25) is 4.79 Å². The third-order valence-corrected chi connectivity index (χ3v) is 9.14. The van der Waals surface area contributed by atoms with E-state index in [1.165, 1.54) is 6.42 Å². The standard InChI is InChI=1S/C21H32O3/c1-19-11-13(12-22)18(23)10-14(19)4-5-15-16(19)6-8-20(2)17(15)7-9-21(20,3)24/h12,14-17,22,24H,4-11H2,1-3H3/b13-12+/t14-,15-,16+,17+,19+,20+,21+/m1/s1. The van der Waals surface area contributed by atoms with Crippen LogP contribution < -0.4 is 0 Å². The van der Waals surface area contributed by atoms with Crippen LogP contribution in [-0.4, -0.2) is 21.6 Å². The fraction of sp³-hybridized carbons (Fsp3) is 0.857. The summed E-state index contributed by atoms with van der Waals surface area (Å²) >= 11 is 0. The number of hydrogen-bond acceptors (Lipinski definition) is 3. The molecule has 4 fully saturated rings. The minimum Gasteiger partial charge on any atom is -0.515 e. The first-order chi connectivity index (χ1) is 11.2. The molecule has 0 aromatic carbocycles. The van der Waals surface area contributed by atoms with E-state index in [0.29, 0.717) is 35.7 Å². The molecular formula is C21H32O3. The maximum atomic E-state index is 12.2. The lowest BCUT2D eigenvalue weighted by molar-refractivity contribution is -0.147. The molecule has 0 aromatic heterocycles. The Morgan fingerprint density at radius 1 is 1.04 bits per heavy atom. The summed E-state index contributed by atoms with van der Waals surface area (Å²) in [7, 11) is 0. The van der Waals surface area contributed by atoms with Crippen molar-refractivity contribution in [1.29, 1.82) is 0 Å². The first-order valence-corrected chi connectivity index (χ1v) is 9.82. The molecule has 3 nitrogen and oxygen atoms in total. The summed E-state index contributed by atoms with van der Waals surface area (Å²) in [6.07, 6.45) is 9.11. The van der Waals surface area contributed by atoms with Crippen LogP contribution in [0.15, 0.2) is 11.8 Å². The van der Waals surface area contributed by atoms with E-state index in [4.69, 9.17) is 0 Å². The van der Waals surface area contributed by atoms with Gasteiger partial charge < -0.3 is 10.2 Å². The number of aliphatic hydroxyl groups excluding tert-OH is 1. The molecule has 2 N–H and O–H groups in total. The second-order valence-corrected chi connectivity index (χ2v) is 9.88. The average molecular weight is 332 g/mol. The van der Waals surface area contributed by atoms with Crippen molar-refractivity contribution in [3.63, 3.8) is 0 Å². The van der Waals surface area contributed by atoms with E-state index in [-0.39, 0.29) is 16.6 Å². The third-order valence-electron chi connectivity index (χ3n) is 9.14. The van der Waals surface area contributed by atoms with Crippen LogP contribution in [0.2, 0.25) is 0 Å². The number of ketones is 1. The second kappa shape index (κ2) is 5.09. The zero-order valence-electron chi connectivity index (χ0n) is 15.3. The molecule has 0 saturated heterocycles. The van der Waals surface area contributed by atoms with Gasteiger partial charge in [-0.2, -0.15) is 0 Å². The number of carbonyl (C=O) groups excluding carboxylic acids is 1. The molecule has 4 saturated carbocycles. The SMILES string of the molecule is C[C@]12C/C(=C\O)C(=O)C[C@H]1CC[C@@H]1[C@@H]2CC[C@@]2(C)[C@H]1CC[C@]2(C)O. The van der Waals surface area contributed by atoms with Crippen LogP contribution in [0.5, 0.6) is 0 Å². The van der Waals surface area contributed by atoms with Crippen LogP contribution in [0.3, 0.4) is 0 Å². The highest BCUT2D eigenvalue weighted by Crippen LogP contribution is 2.68. The summed E-state index contributed by atoms with van der Waals surface area (Å²) in [5, 5.41) is 20.5. The van der Waals surface area contributed by atoms with E-state index in [1.807, 2.05) is 6.92 Å². The monoisotopic (exact) mass is 332 g/mol. The van der Waals surface area contributed by atoms with Crippen LogP contribution in [0.4, 0.5) is 0 Å². The third kappa shape index (κ3) is 1.97. The highest BCUT2D eigenvalue weighted by molar-refractivity contribution is 5.96. The highest BCUT2D eigenvalue weighted by Gasteiger charge is 2.63. The fourth-order valence-corrected chi connectivity index (χ4v) is 7.37. The number of rotatable bonds is 0. The zero-order valence-corrected chi connectivity index (χ0v) is 15.3. The van der Waals surface area contributed by atoms with Crippen molar-refractivity contribution >= 4 is 5.78 Å².